The molecule has 0 bridgehead atoms. The molecule has 3 nitrogen and oxygen atoms in total. The Morgan fingerprint density at radius 3 is 2.04 bits per heavy atom. The number of amides is 1. The lowest BCUT2D eigenvalue weighted by Crippen LogP contribution is -2.24. The highest BCUT2D eigenvalue weighted by Gasteiger charge is 2.21. The molecule has 0 unspecified atom stereocenters. The van der Waals surface area contributed by atoms with Crippen LogP contribution < -0.4 is 5.32 Å². The van der Waals surface area contributed by atoms with Gasteiger partial charge in [0.15, 0.2) is 0 Å². The van der Waals surface area contributed by atoms with Gasteiger partial charge in [-0.1, -0.05) is 48.6 Å². The minimum atomic E-state index is 0.207. The van der Waals surface area contributed by atoms with Crippen LogP contribution >= 0.6 is 12.2 Å². The second kappa shape index (κ2) is 18.6. The zero-order valence-electron chi connectivity index (χ0n) is 17.2. The number of aliphatic imine (C=N–C) groups is 1. The maximum atomic E-state index is 11.6. The second-order valence-corrected chi connectivity index (χ2v) is 7.38. The van der Waals surface area contributed by atoms with E-state index >= 15 is 0 Å². The molecule has 0 aromatic heterocycles. The fraction of sp³-hybridized carbons (Fsp3) is 0.583. The van der Waals surface area contributed by atoms with E-state index < -0.39 is 0 Å². The van der Waals surface area contributed by atoms with Gasteiger partial charge < -0.3 is 5.32 Å². The van der Waals surface area contributed by atoms with Crippen LogP contribution in [0, 0.1) is 5.92 Å². The van der Waals surface area contributed by atoms with Gasteiger partial charge in [-0.15, -0.1) is 0 Å². The van der Waals surface area contributed by atoms with Crippen LogP contribution in [0.3, 0.4) is 0 Å². The van der Waals surface area contributed by atoms with Crippen LogP contribution in [0.1, 0.15) is 70.6 Å². The smallest absolute Gasteiger partial charge is 0.220 e. The molecule has 0 spiro atoms. The third-order valence-electron chi connectivity index (χ3n) is 4.50. The third-order valence-corrected chi connectivity index (χ3v) is 4.63. The Balaban J connectivity index is 1.85. The molecule has 1 saturated carbocycles. The van der Waals surface area contributed by atoms with Gasteiger partial charge in [0.2, 0.25) is 5.91 Å². The minimum Gasteiger partial charge on any atom is -0.356 e. The molecule has 0 radical (unpaired) electrons. The first-order chi connectivity index (χ1) is 13.8. The van der Waals surface area contributed by atoms with Gasteiger partial charge >= 0.3 is 0 Å². The second-order valence-electron chi connectivity index (χ2n) is 7.20. The van der Waals surface area contributed by atoms with Crippen molar-refractivity contribution in [2.75, 3.05) is 13.1 Å². The van der Waals surface area contributed by atoms with Crippen molar-refractivity contribution in [3.63, 3.8) is 0 Å². The number of nitrogens with zero attached hydrogens (tertiary/aromatic N) is 1. The molecule has 1 rings (SSSR count). The van der Waals surface area contributed by atoms with Gasteiger partial charge in [-0.3, -0.25) is 4.79 Å². The number of rotatable bonds is 17. The largest absolute Gasteiger partial charge is 0.356 e. The van der Waals surface area contributed by atoms with Crippen molar-refractivity contribution < 1.29 is 4.79 Å². The van der Waals surface area contributed by atoms with Crippen LogP contribution in [-0.2, 0) is 4.79 Å². The topological polar surface area (TPSA) is 41.5 Å². The highest BCUT2D eigenvalue weighted by Crippen LogP contribution is 2.27. The fourth-order valence-electron chi connectivity index (χ4n) is 2.60. The molecule has 0 aromatic rings. The predicted molar refractivity (Wildman–Crippen MR) is 124 cm³/mol. The molecule has 0 saturated heterocycles. The van der Waals surface area contributed by atoms with Crippen molar-refractivity contribution in [3.8, 4) is 0 Å². The summed E-state index contributed by atoms with van der Waals surface area (Å²) in [5.74, 6) is 0.970. The molecule has 0 aromatic carbocycles. The number of carbonyl (C=O) groups is 1. The number of nitrogens with one attached hydrogen (secondary N) is 1. The van der Waals surface area contributed by atoms with Gasteiger partial charge in [0.05, 0.1) is 5.16 Å². The molecule has 1 N–H and O–H groups in total. The molecule has 1 fully saturated rings. The first-order valence-electron chi connectivity index (χ1n) is 10.7. The van der Waals surface area contributed by atoms with E-state index in [2.05, 4.69) is 76.3 Å². The fourth-order valence-corrected chi connectivity index (χ4v) is 2.69. The number of thiocarbonyl (C=S) groups is 1. The molecule has 1 aliphatic carbocycles. The molecule has 4 heteroatoms. The van der Waals surface area contributed by atoms with Gasteiger partial charge in [0.25, 0.3) is 0 Å². The average Bonchev–Trinajstić information content (AvgIpc) is 3.52. The number of unbranched alkanes of at least 4 members (excludes halogenated alkanes) is 3. The summed E-state index contributed by atoms with van der Waals surface area (Å²) in [6.07, 6.45) is 29.1. The lowest BCUT2D eigenvalue weighted by atomic mass is 10.2. The molecule has 1 aliphatic rings. The van der Waals surface area contributed by atoms with Crippen LogP contribution in [-0.4, -0.2) is 24.2 Å². The van der Waals surface area contributed by atoms with Gasteiger partial charge in [-0.05, 0) is 82.3 Å². The molecular weight excluding hydrogens is 364 g/mol. The van der Waals surface area contributed by atoms with Crippen molar-refractivity contribution in [3.05, 3.63) is 48.6 Å². The Labute approximate surface area is 176 Å². The molecular formula is C24H36N2OS. The number of carbonyl (C=O) groups excluding carboxylic acids is 1. The van der Waals surface area contributed by atoms with E-state index in [4.69, 9.17) is 0 Å². The molecule has 28 heavy (non-hydrogen) atoms. The van der Waals surface area contributed by atoms with Crippen LogP contribution in [0.15, 0.2) is 53.6 Å². The Bertz CT molecular complexity index is 567. The van der Waals surface area contributed by atoms with Crippen molar-refractivity contribution in [1.29, 1.82) is 0 Å². The zero-order chi connectivity index (χ0) is 20.1. The van der Waals surface area contributed by atoms with Crippen LogP contribution in [0.2, 0.25) is 0 Å². The third kappa shape index (κ3) is 17.6. The quantitative estimate of drug-likeness (QED) is 0.134. The summed E-state index contributed by atoms with van der Waals surface area (Å²) in [4.78, 5) is 15.5. The number of hydrogen-bond donors (Lipinski definition) is 1. The van der Waals surface area contributed by atoms with Gasteiger partial charge in [-0.25, -0.2) is 4.99 Å². The van der Waals surface area contributed by atoms with Crippen LogP contribution in [0.5, 0.6) is 0 Å². The SMILES string of the molecule is O=C(CCCC=CCC=CCC=CCC=CCCCCN=C=S)NCC1CC1. The Hall–Kier alpha value is -1.77. The summed E-state index contributed by atoms with van der Waals surface area (Å²) in [6.45, 7) is 1.69. The van der Waals surface area contributed by atoms with Crippen molar-refractivity contribution in [1.82, 2.24) is 5.32 Å². The maximum Gasteiger partial charge on any atom is 0.220 e. The lowest BCUT2D eigenvalue weighted by Gasteiger charge is -2.02. The predicted octanol–water partition coefficient (Wildman–Crippen LogP) is 6.35. The Kier molecular flexibility index (Phi) is 16.1. The summed E-state index contributed by atoms with van der Waals surface area (Å²) in [6, 6.07) is 0. The summed E-state index contributed by atoms with van der Waals surface area (Å²) in [5, 5.41) is 5.40. The van der Waals surface area contributed by atoms with E-state index in [9.17, 15) is 4.79 Å². The molecule has 0 aliphatic heterocycles. The molecule has 0 atom stereocenters. The minimum absolute atomic E-state index is 0.207. The zero-order valence-corrected chi connectivity index (χ0v) is 18.0. The van der Waals surface area contributed by atoms with E-state index in [1.54, 1.807) is 0 Å². The number of isothiocyanates is 1. The van der Waals surface area contributed by atoms with Crippen molar-refractivity contribution in [2.45, 2.75) is 70.6 Å². The molecule has 0 heterocycles. The first-order valence-corrected chi connectivity index (χ1v) is 11.1. The maximum absolute atomic E-state index is 11.6. The van der Waals surface area contributed by atoms with E-state index in [1.165, 1.54) is 12.8 Å². The van der Waals surface area contributed by atoms with Gasteiger partial charge in [0.1, 0.15) is 0 Å². The first kappa shape index (κ1) is 24.3. The Morgan fingerprint density at radius 1 is 0.893 bits per heavy atom. The molecule has 154 valence electrons. The van der Waals surface area contributed by atoms with Crippen LogP contribution in [0.25, 0.3) is 0 Å². The highest BCUT2D eigenvalue weighted by molar-refractivity contribution is 7.78. The summed E-state index contributed by atoms with van der Waals surface area (Å²) in [7, 11) is 0. The number of hydrogen-bond acceptors (Lipinski definition) is 3. The van der Waals surface area contributed by atoms with Crippen molar-refractivity contribution in [2.24, 2.45) is 10.9 Å². The van der Waals surface area contributed by atoms with E-state index in [1.807, 2.05) is 0 Å². The number of allylic oxidation sites excluding steroid dienone is 8. The monoisotopic (exact) mass is 400 g/mol. The van der Waals surface area contributed by atoms with Crippen molar-refractivity contribution >= 4 is 23.3 Å². The van der Waals surface area contributed by atoms with E-state index in [0.717, 1.165) is 70.4 Å². The van der Waals surface area contributed by atoms with E-state index in [0.29, 0.717) is 6.42 Å². The van der Waals surface area contributed by atoms with Gasteiger partial charge in [0, 0.05) is 19.5 Å². The summed E-state index contributed by atoms with van der Waals surface area (Å²) in [5.41, 5.74) is 0. The average molecular weight is 401 g/mol. The van der Waals surface area contributed by atoms with Crippen LogP contribution in [0.4, 0.5) is 0 Å². The highest BCUT2D eigenvalue weighted by atomic mass is 32.1. The normalized spacial score (nSPS) is 14.4. The summed E-state index contributed by atoms with van der Waals surface area (Å²) >= 11 is 4.53. The summed E-state index contributed by atoms with van der Waals surface area (Å²) < 4.78 is 0. The standard InChI is InChI=1S/C24H36N2OS/c27-24(26-21-23-18-19-23)17-15-13-11-9-7-5-3-1-2-4-6-8-10-12-14-16-20-25-22-28/h2-5,8-11,23H,1,6-7,12-21H2,(H,26,27). The van der Waals surface area contributed by atoms with E-state index in [-0.39, 0.29) is 5.91 Å². The Morgan fingerprint density at radius 2 is 1.46 bits per heavy atom. The van der Waals surface area contributed by atoms with Gasteiger partial charge in [-0.2, -0.15) is 0 Å². The molecule has 1 amide bonds. The lowest BCUT2D eigenvalue weighted by molar-refractivity contribution is -0.121.